The quantitative estimate of drug-likeness (QED) is 0.623. The topological polar surface area (TPSA) is 41.6 Å². The predicted octanol–water partition coefficient (Wildman–Crippen LogP) is 4.63. The molecule has 0 aliphatic heterocycles. The van der Waals surface area contributed by atoms with Gasteiger partial charge in [-0.2, -0.15) is 0 Å². The average Bonchev–Trinajstić information content (AvgIpc) is 3.07. The van der Waals surface area contributed by atoms with Crippen molar-refractivity contribution in [3.05, 3.63) is 50.6 Å². The van der Waals surface area contributed by atoms with Crippen molar-refractivity contribution < 1.29 is 9.53 Å². The Labute approximate surface area is 162 Å². The van der Waals surface area contributed by atoms with Gasteiger partial charge in [-0.05, 0) is 50.2 Å². The van der Waals surface area contributed by atoms with E-state index in [4.69, 9.17) is 27.9 Å². The zero-order valence-corrected chi connectivity index (χ0v) is 16.6. The van der Waals surface area contributed by atoms with Gasteiger partial charge in [-0.1, -0.05) is 29.3 Å². The van der Waals surface area contributed by atoms with E-state index in [9.17, 15) is 4.79 Å². The summed E-state index contributed by atoms with van der Waals surface area (Å²) in [6, 6.07) is 9.39. The summed E-state index contributed by atoms with van der Waals surface area (Å²) < 4.78 is 5.59. The zero-order chi connectivity index (χ0) is 18.2. The molecule has 136 valence electrons. The number of benzene rings is 1. The molecule has 0 saturated heterocycles. The molecule has 1 aromatic heterocycles. The molecule has 1 amide bonds. The second kappa shape index (κ2) is 10.0. The summed E-state index contributed by atoms with van der Waals surface area (Å²) in [7, 11) is 4.03. The third-order valence-electron chi connectivity index (χ3n) is 3.69. The molecular weight excluding hydrogens is 379 g/mol. The van der Waals surface area contributed by atoms with Crippen LogP contribution in [0.1, 0.15) is 23.8 Å². The molecule has 1 heterocycles. The Balaban J connectivity index is 1.70. The van der Waals surface area contributed by atoms with Gasteiger partial charge in [-0.25, -0.2) is 0 Å². The number of hydrogen-bond donors (Lipinski definition) is 1. The van der Waals surface area contributed by atoms with E-state index in [0.717, 1.165) is 0 Å². The van der Waals surface area contributed by atoms with Gasteiger partial charge in [0.05, 0.1) is 17.7 Å². The molecule has 0 aliphatic carbocycles. The summed E-state index contributed by atoms with van der Waals surface area (Å²) in [5.74, 6) is 0.603. The molecule has 0 spiro atoms. The molecule has 4 nitrogen and oxygen atoms in total. The summed E-state index contributed by atoms with van der Waals surface area (Å²) in [5, 5.41) is 6.09. The van der Waals surface area contributed by atoms with E-state index in [1.807, 2.05) is 25.5 Å². The summed E-state index contributed by atoms with van der Waals surface area (Å²) in [5.41, 5.74) is 0. The lowest BCUT2D eigenvalue weighted by Gasteiger charge is -2.23. The first-order chi connectivity index (χ1) is 12.0. The largest absolute Gasteiger partial charge is 0.492 e. The molecule has 1 unspecified atom stereocenters. The fourth-order valence-electron chi connectivity index (χ4n) is 2.32. The highest BCUT2D eigenvalue weighted by Crippen LogP contribution is 2.27. The Hall–Kier alpha value is -1.27. The third-order valence-corrected chi connectivity index (χ3v) is 5.19. The minimum Gasteiger partial charge on any atom is -0.492 e. The standard InChI is InChI=1S/C18H22Cl2N2O2S/c1-22(2)15(17-5-4-10-25-17)12-21-18(23)6-3-9-24-16-8-7-13(19)11-14(16)20/h4-5,7-8,10-11,15H,3,6,9,12H2,1-2H3,(H,21,23). The number of hydrogen-bond acceptors (Lipinski definition) is 4. The number of nitrogens with zero attached hydrogens (tertiary/aromatic N) is 1. The summed E-state index contributed by atoms with van der Waals surface area (Å²) in [6.07, 6.45) is 1.03. The Morgan fingerprint density at radius 3 is 2.76 bits per heavy atom. The number of amides is 1. The number of nitrogens with one attached hydrogen (secondary N) is 1. The van der Waals surface area contributed by atoms with Crippen molar-refractivity contribution in [2.45, 2.75) is 18.9 Å². The first-order valence-corrected chi connectivity index (χ1v) is 9.65. The van der Waals surface area contributed by atoms with Crippen molar-refractivity contribution in [1.29, 1.82) is 0 Å². The number of ether oxygens (including phenoxy) is 1. The summed E-state index contributed by atoms with van der Waals surface area (Å²) in [4.78, 5) is 15.4. The van der Waals surface area contributed by atoms with Gasteiger partial charge in [-0.3, -0.25) is 4.79 Å². The van der Waals surface area contributed by atoms with Gasteiger partial charge in [-0.15, -0.1) is 11.3 Å². The van der Waals surface area contributed by atoms with E-state index in [0.29, 0.717) is 41.8 Å². The number of halogens is 2. The molecule has 2 rings (SSSR count). The van der Waals surface area contributed by atoms with Crippen LogP contribution >= 0.6 is 34.5 Å². The third kappa shape index (κ3) is 6.51. The Morgan fingerprint density at radius 2 is 2.12 bits per heavy atom. The van der Waals surface area contributed by atoms with Crippen LogP contribution in [0.5, 0.6) is 5.75 Å². The lowest BCUT2D eigenvalue weighted by molar-refractivity contribution is -0.121. The van der Waals surface area contributed by atoms with Crippen LogP contribution in [0.2, 0.25) is 10.0 Å². The van der Waals surface area contributed by atoms with Gasteiger partial charge in [0, 0.05) is 22.9 Å². The van der Waals surface area contributed by atoms with Crippen molar-refractivity contribution in [2.24, 2.45) is 0 Å². The monoisotopic (exact) mass is 400 g/mol. The lowest BCUT2D eigenvalue weighted by Crippen LogP contribution is -2.34. The fraction of sp³-hybridized carbons (Fsp3) is 0.389. The molecule has 1 atom stereocenters. The second-order valence-electron chi connectivity index (χ2n) is 5.83. The van der Waals surface area contributed by atoms with Gasteiger partial charge < -0.3 is 15.0 Å². The van der Waals surface area contributed by atoms with Crippen LogP contribution in [0, 0.1) is 0 Å². The van der Waals surface area contributed by atoms with Crippen molar-refractivity contribution in [3.8, 4) is 5.75 Å². The number of rotatable bonds is 9. The number of carbonyl (C=O) groups is 1. The molecule has 2 aromatic rings. The highest BCUT2D eigenvalue weighted by molar-refractivity contribution is 7.10. The maximum atomic E-state index is 12.0. The number of likely N-dealkylation sites (N-methyl/N-ethyl adjacent to an activating group) is 1. The summed E-state index contributed by atoms with van der Waals surface area (Å²) in [6.45, 7) is 1.02. The van der Waals surface area contributed by atoms with Gasteiger partial charge in [0.2, 0.25) is 5.91 Å². The molecule has 0 saturated carbocycles. The van der Waals surface area contributed by atoms with Crippen LogP contribution in [0.3, 0.4) is 0 Å². The van der Waals surface area contributed by atoms with Crippen LogP contribution in [-0.4, -0.2) is 38.1 Å². The van der Waals surface area contributed by atoms with Crippen LogP contribution < -0.4 is 10.1 Å². The number of carbonyl (C=O) groups excluding carboxylic acids is 1. The SMILES string of the molecule is CN(C)C(CNC(=O)CCCOc1ccc(Cl)cc1Cl)c1cccs1. The van der Waals surface area contributed by atoms with E-state index < -0.39 is 0 Å². The Kier molecular flexibility index (Phi) is 8.03. The van der Waals surface area contributed by atoms with Gasteiger partial charge >= 0.3 is 0 Å². The van der Waals surface area contributed by atoms with E-state index in [1.165, 1.54) is 4.88 Å². The van der Waals surface area contributed by atoms with Gasteiger partial charge in [0.1, 0.15) is 5.75 Å². The average molecular weight is 401 g/mol. The minimum absolute atomic E-state index is 0.0224. The van der Waals surface area contributed by atoms with E-state index in [1.54, 1.807) is 29.5 Å². The van der Waals surface area contributed by atoms with Crippen molar-refractivity contribution >= 4 is 40.4 Å². The Morgan fingerprint density at radius 1 is 1.32 bits per heavy atom. The fourth-order valence-corrected chi connectivity index (χ4v) is 3.71. The van der Waals surface area contributed by atoms with Crippen LogP contribution in [-0.2, 0) is 4.79 Å². The normalized spacial score (nSPS) is 12.2. The van der Waals surface area contributed by atoms with E-state index >= 15 is 0 Å². The van der Waals surface area contributed by atoms with Crippen molar-refractivity contribution in [3.63, 3.8) is 0 Å². The molecule has 0 bridgehead atoms. The Bertz CT molecular complexity index is 678. The van der Waals surface area contributed by atoms with Crippen molar-refractivity contribution in [1.82, 2.24) is 10.2 Å². The highest BCUT2D eigenvalue weighted by atomic mass is 35.5. The van der Waals surface area contributed by atoms with Gasteiger partial charge in [0.25, 0.3) is 0 Å². The van der Waals surface area contributed by atoms with Crippen LogP contribution in [0.25, 0.3) is 0 Å². The predicted molar refractivity (Wildman–Crippen MR) is 105 cm³/mol. The van der Waals surface area contributed by atoms with Gasteiger partial charge in [0.15, 0.2) is 0 Å². The second-order valence-corrected chi connectivity index (χ2v) is 7.65. The maximum Gasteiger partial charge on any atom is 0.220 e. The maximum absolute atomic E-state index is 12.0. The molecule has 0 radical (unpaired) electrons. The highest BCUT2D eigenvalue weighted by Gasteiger charge is 2.16. The summed E-state index contributed by atoms with van der Waals surface area (Å²) >= 11 is 13.6. The molecule has 1 aromatic carbocycles. The molecule has 0 aliphatic rings. The number of thiophene rings is 1. The minimum atomic E-state index is 0.0224. The molecule has 0 fully saturated rings. The smallest absolute Gasteiger partial charge is 0.220 e. The first-order valence-electron chi connectivity index (χ1n) is 8.01. The molecule has 7 heteroatoms. The zero-order valence-electron chi connectivity index (χ0n) is 14.3. The van der Waals surface area contributed by atoms with Crippen LogP contribution in [0.15, 0.2) is 35.7 Å². The molecule has 1 N–H and O–H groups in total. The van der Waals surface area contributed by atoms with E-state index in [-0.39, 0.29) is 11.9 Å². The van der Waals surface area contributed by atoms with Crippen molar-refractivity contribution in [2.75, 3.05) is 27.2 Å². The van der Waals surface area contributed by atoms with Crippen LogP contribution in [0.4, 0.5) is 0 Å². The van der Waals surface area contributed by atoms with E-state index in [2.05, 4.69) is 16.3 Å². The lowest BCUT2D eigenvalue weighted by atomic mass is 10.2. The first kappa shape index (κ1) is 20.0. The molecular formula is C18H22Cl2N2O2S. The molecule has 25 heavy (non-hydrogen) atoms.